The third-order valence-corrected chi connectivity index (χ3v) is 9.25. The van der Waals surface area contributed by atoms with Gasteiger partial charge in [-0.05, 0) is 86.7 Å². The SMILES string of the molecule is O=C(c1cccnc1)N(C1CCC1)C1CCN(c2ncnc3c2nc(-c2ccc(Cl)cc2Cl)n3-c2ccc(Cl)cc2)CC1. The second-order valence-electron chi connectivity index (χ2n) is 11.0. The molecule has 0 unspecified atom stereocenters. The van der Waals surface area contributed by atoms with Crippen molar-refractivity contribution >= 4 is 57.7 Å². The zero-order chi connectivity index (χ0) is 29.5. The molecule has 1 aliphatic heterocycles. The summed E-state index contributed by atoms with van der Waals surface area (Å²) in [6.07, 6.45) is 9.89. The summed E-state index contributed by atoms with van der Waals surface area (Å²) in [6, 6.07) is 17.0. The number of hydrogen-bond donors (Lipinski definition) is 0. The summed E-state index contributed by atoms with van der Waals surface area (Å²) in [4.78, 5) is 36.6. The monoisotopic (exact) mass is 631 g/mol. The van der Waals surface area contributed by atoms with E-state index in [0.29, 0.717) is 37.6 Å². The molecule has 43 heavy (non-hydrogen) atoms. The molecule has 0 atom stereocenters. The molecular weight excluding hydrogens is 605 g/mol. The number of carbonyl (C=O) groups excluding carboxylic acids is 1. The smallest absolute Gasteiger partial charge is 0.255 e. The van der Waals surface area contributed by atoms with Gasteiger partial charge >= 0.3 is 0 Å². The molecule has 8 nitrogen and oxygen atoms in total. The van der Waals surface area contributed by atoms with E-state index in [1.807, 2.05) is 47.0 Å². The fourth-order valence-electron chi connectivity index (χ4n) is 6.09. The molecule has 4 heterocycles. The van der Waals surface area contributed by atoms with Crippen LogP contribution in [0.2, 0.25) is 15.1 Å². The third-order valence-electron chi connectivity index (χ3n) is 8.45. The minimum absolute atomic E-state index is 0.0758. The summed E-state index contributed by atoms with van der Waals surface area (Å²) in [7, 11) is 0. The number of piperidine rings is 1. The molecule has 0 radical (unpaired) electrons. The van der Waals surface area contributed by atoms with Gasteiger partial charge in [-0.2, -0.15) is 0 Å². The van der Waals surface area contributed by atoms with Gasteiger partial charge in [-0.3, -0.25) is 14.3 Å². The Morgan fingerprint density at radius 1 is 0.884 bits per heavy atom. The van der Waals surface area contributed by atoms with Crippen molar-refractivity contribution in [2.45, 2.75) is 44.2 Å². The Morgan fingerprint density at radius 2 is 1.63 bits per heavy atom. The Hall–Kier alpha value is -3.72. The van der Waals surface area contributed by atoms with E-state index in [-0.39, 0.29) is 18.0 Å². The lowest BCUT2D eigenvalue weighted by Crippen LogP contribution is -2.54. The summed E-state index contributed by atoms with van der Waals surface area (Å²) in [5.41, 5.74) is 3.57. The minimum atomic E-state index is 0.0758. The van der Waals surface area contributed by atoms with Crippen molar-refractivity contribution in [3.05, 3.63) is 93.9 Å². The third kappa shape index (κ3) is 5.32. The molecule has 11 heteroatoms. The van der Waals surface area contributed by atoms with Crippen molar-refractivity contribution in [3.8, 4) is 17.1 Å². The number of anilines is 1. The van der Waals surface area contributed by atoms with Crippen molar-refractivity contribution < 1.29 is 4.79 Å². The summed E-state index contributed by atoms with van der Waals surface area (Å²) in [5.74, 6) is 1.47. The van der Waals surface area contributed by atoms with Crippen LogP contribution in [0.5, 0.6) is 0 Å². The van der Waals surface area contributed by atoms with E-state index in [9.17, 15) is 4.79 Å². The van der Waals surface area contributed by atoms with Gasteiger partial charge in [-0.1, -0.05) is 34.8 Å². The van der Waals surface area contributed by atoms with Crippen molar-refractivity contribution in [1.29, 1.82) is 0 Å². The molecule has 2 aromatic carbocycles. The predicted molar refractivity (Wildman–Crippen MR) is 170 cm³/mol. The van der Waals surface area contributed by atoms with Crippen molar-refractivity contribution in [2.75, 3.05) is 18.0 Å². The van der Waals surface area contributed by atoms with Crippen LogP contribution in [0.25, 0.3) is 28.2 Å². The lowest BCUT2D eigenvalue weighted by atomic mass is 9.88. The summed E-state index contributed by atoms with van der Waals surface area (Å²) in [6.45, 7) is 1.48. The first-order valence-corrected chi connectivity index (χ1v) is 15.5. The van der Waals surface area contributed by atoms with Crippen molar-refractivity contribution in [2.24, 2.45) is 0 Å². The molecule has 1 saturated carbocycles. The van der Waals surface area contributed by atoms with Crippen LogP contribution in [0.4, 0.5) is 5.82 Å². The van der Waals surface area contributed by atoms with Crippen LogP contribution < -0.4 is 4.90 Å². The van der Waals surface area contributed by atoms with Crippen LogP contribution in [0.1, 0.15) is 42.5 Å². The summed E-state index contributed by atoms with van der Waals surface area (Å²) < 4.78 is 1.98. The Balaban J connectivity index is 1.23. The minimum Gasteiger partial charge on any atom is -0.355 e. The second kappa shape index (κ2) is 11.8. The number of aromatic nitrogens is 5. The first-order chi connectivity index (χ1) is 21.0. The number of carbonyl (C=O) groups is 1. The van der Waals surface area contributed by atoms with Gasteiger partial charge in [-0.15, -0.1) is 0 Å². The van der Waals surface area contributed by atoms with Gasteiger partial charge in [0.1, 0.15) is 12.2 Å². The van der Waals surface area contributed by atoms with Gasteiger partial charge in [0.2, 0.25) is 0 Å². The highest BCUT2D eigenvalue weighted by molar-refractivity contribution is 6.36. The van der Waals surface area contributed by atoms with E-state index in [0.717, 1.165) is 62.3 Å². The molecule has 2 aliphatic rings. The topological polar surface area (TPSA) is 80.0 Å². The van der Waals surface area contributed by atoms with Crippen LogP contribution in [-0.4, -0.2) is 60.5 Å². The Morgan fingerprint density at radius 3 is 2.30 bits per heavy atom. The number of amides is 1. The number of fused-ring (bicyclic) bond motifs is 1. The zero-order valence-corrected chi connectivity index (χ0v) is 25.5. The maximum Gasteiger partial charge on any atom is 0.255 e. The summed E-state index contributed by atoms with van der Waals surface area (Å²) >= 11 is 19.1. The molecule has 2 fully saturated rings. The molecule has 0 bridgehead atoms. The van der Waals surface area contributed by atoms with Gasteiger partial charge in [0.05, 0.1) is 10.6 Å². The van der Waals surface area contributed by atoms with E-state index in [1.165, 1.54) is 0 Å². The predicted octanol–water partition coefficient (Wildman–Crippen LogP) is 7.50. The number of pyridine rings is 1. The zero-order valence-electron chi connectivity index (χ0n) is 23.2. The highest BCUT2D eigenvalue weighted by Crippen LogP contribution is 2.37. The molecule has 0 spiro atoms. The lowest BCUT2D eigenvalue weighted by Gasteiger charge is -2.45. The van der Waals surface area contributed by atoms with Gasteiger partial charge in [0, 0.05) is 58.9 Å². The van der Waals surface area contributed by atoms with Crippen LogP contribution in [0.3, 0.4) is 0 Å². The standard InChI is InChI=1S/C32H28Cl3N7O/c33-21-6-9-24(10-7-21)42-29(26-11-8-22(34)17-27(26)35)39-28-30(37-19-38-31(28)42)40-15-12-25(13-16-40)41(23-4-1-5-23)32(43)20-3-2-14-36-18-20/h2-3,6-11,14,17-19,23,25H,1,4-5,12-13,15-16H2. The molecule has 3 aromatic heterocycles. The Labute approximate surface area is 264 Å². The first kappa shape index (κ1) is 28.1. The van der Waals surface area contributed by atoms with Crippen LogP contribution in [-0.2, 0) is 0 Å². The van der Waals surface area contributed by atoms with E-state index in [1.54, 1.807) is 30.9 Å². The quantitative estimate of drug-likeness (QED) is 0.193. The van der Waals surface area contributed by atoms with Crippen LogP contribution in [0.15, 0.2) is 73.3 Å². The largest absolute Gasteiger partial charge is 0.355 e. The van der Waals surface area contributed by atoms with Crippen molar-refractivity contribution in [1.82, 2.24) is 29.4 Å². The highest BCUT2D eigenvalue weighted by atomic mass is 35.5. The molecular formula is C32H28Cl3N7O. The molecule has 0 N–H and O–H groups in total. The molecule has 7 rings (SSSR count). The highest BCUT2D eigenvalue weighted by Gasteiger charge is 2.37. The molecule has 1 aliphatic carbocycles. The fraction of sp³-hybridized carbons (Fsp3) is 0.281. The fourth-order valence-corrected chi connectivity index (χ4v) is 6.71. The average Bonchev–Trinajstić information content (AvgIpc) is 3.39. The molecule has 1 amide bonds. The maximum atomic E-state index is 13.6. The molecule has 5 aromatic rings. The second-order valence-corrected chi connectivity index (χ2v) is 12.3. The number of rotatable bonds is 6. The number of hydrogen-bond acceptors (Lipinski definition) is 6. The Bertz CT molecular complexity index is 1780. The van der Waals surface area contributed by atoms with E-state index < -0.39 is 0 Å². The van der Waals surface area contributed by atoms with Crippen molar-refractivity contribution in [3.63, 3.8) is 0 Å². The van der Waals surface area contributed by atoms with E-state index in [4.69, 9.17) is 44.8 Å². The first-order valence-electron chi connectivity index (χ1n) is 14.4. The van der Waals surface area contributed by atoms with Gasteiger partial charge < -0.3 is 9.80 Å². The average molecular weight is 633 g/mol. The number of nitrogens with zero attached hydrogens (tertiary/aromatic N) is 7. The van der Waals surface area contributed by atoms with E-state index in [2.05, 4.69) is 19.8 Å². The van der Waals surface area contributed by atoms with Crippen LogP contribution in [0, 0.1) is 0 Å². The van der Waals surface area contributed by atoms with Gasteiger partial charge in [0.15, 0.2) is 17.0 Å². The van der Waals surface area contributed by atoms with E-state index >= 15 is 0 Å². The van der Waals surface area contributed by atoms with Crippen LogP contribution >= 0.6 is 34.8 Å². The maximum absolute atomic E-state index is 13.6. The normalized spacial score (nSPS) is 15.9. The molecule has 1 saturated heterocycles. The Kier molecular flexibility index (Phi) is 7.67. The summed E-state index contributed by atoms with van der Waals surface area (Å²) in [5, 5.41) is 1.67. The lowest BCUT2D eigenvalue weighted by molar-refractivity contribution is 0.0394. The number of benzene rings is 2. The van der Waals surface area contributed by atoms with Gasteiger partial charge in [0.25, 0.3) is 5.91 Å². The number of halogens is 3. The van der Waals surface area contributed by atoms with Gasteiger partial charge in [-0.25, -0.2) is 15.0 Å². The number of imidazole rings is 1. The molecule has 218 valence electrons.